The van der Waals surface area contributed by atoms with E-state index in [0.29, 0.717) is 25.7 Å². The summed E-state index contributed by atoms with van der Waals surface area (Å²) in [7, 11) is 0. The lowest BCUT2D eigenvalue weighted by atomic mass is 9.66. The highest BCUT2D eigenvalue weighted by atomic mass is 16.6. The summed E-state index contributed by atoms with van der Waals surface area (Å²) in [6, 6.07) is 6.16. The number of esters is 2. The van der Waals surface area contributed by atoms with Gasteiger partial charge in [-0.25, -0.2) is 4.79 Å². The van der Waals surface area contributed by atoms with Gasteiger partial charge in [-0.05, 0) is 59.6 Å². The molecule has 2 N–H and O–H groups in total. The second-order valence-corrected chi connectivity index (χ2v) is 12.7. The molecule has 0 aromatic heterocycles. The highest BCUT2D eigenvalue weighted by Crippen LogP contribution is 2.44. The van der Waals surface area contributed by atoms with E-state index in [9.17, 15) is 19.8 Å². The van der Waals surface area contributed by atoms with Gasteiger partial charge in [-0.1, -0.05) is 78.0 Å². The Balaban J connectivity index is 1.53. The number of ether oxygens (including phenoxy) is 3. The van der Waals surface area contributed by atoms with Crippen LogP contribution in [0.4, 0.5) is 0 Å². The van der Waals surface area contributed by atoms with Gasteiger partial charge in [-0.3, -0.25) is 4.79 Å². The van der Waals surface area contributed by atoms with Crippen molar-refractivity contribution < 1.29 is 34.0 Å². The Hall–Kier alpha value is -2.64. The number of carbonyl (C=O) groups is 2. The number of rotatable bonds is 10. The van der Waals surface area contributed by atoms with Crippen molar-refractivity contribution in [3.8, 4) is 5.75 Å². The molecular weight excluding hydrogens is 520 g/mol. The molecule has 4 rings (SSSR count). The van der Waals surface area contributed by atoms with Gasteiger partial charge in [0.05, 0.1) is 18.6 Å². The Morgan fingerprint density at radius 2 is 1.76 bits per heavy atom. The second kappa shape index (κ2) is 13.6. The molecule has 1 heterocycles. The lowest BCUT2D eigenvalue weighted by Crippen LogP contribution is -2.44. The number of carbonyl (C=O) groups excluding carboxylic acids is 2. The third kappa shape index (κ3) is 7.42. The van der Waals surface area contributed by atoms with E-state index in [2.05, 4.69) is 52.8 Å². The zero-order chi connectivity index (χ0) is 29.8. The van der Waals surface area contributed by atoms with Crippen LogP contribution in [0.3, 0.4) is 0 Å². The molecule has 1 unspecified atom stereocenters. The van der Waals surface area contributed by atoms with Gasteiger partial charge in [0.15, 0.2) is 6.10 Å². The van der Waals surface area contributed by atoms with Gasteiger partial charge in [0.2, 0.25) is 0 Å². The molecule has 41 heavy (non-hydrogen) atoms. The van der Waals surface area contributed by atoms with E-state index < -0.39 is 30.4 Å². The van der Waals surface area contributed by atoms with Gasteiger partial charge in [0, 0.05) is 18.8 Å². The number of benzene rings is 1. The van der Waals surface area contributed by atoms with Gasteiger partial charge >= 0.3 is 11.9 Å². The van der Waals surface area contributed by atoms with E-state index in [0.717, 1.165) is 28.9 Å². The maximum Gasteiger partial charge on any atom is 0.347 e. The second-order valence-electron chi connectivity index (χ2n) is 12.7. The molecular formula is C34H48O7. The third-order valence-electron chi connectivity index (χ3n) is 8.91. The van der Waals surface area contributed by atoms with E-state index in [-0.39, 0.29) is 48.1 Å². The Kier molecular flexibility index (Phi) is 10.3. The molecule has 1 aliphatic heterocycles. The first-order valence-electron chi connectivity index (χ1n) is 15.4. The van der Waals surface area contributed by atoms with Crippen LogP contribution >= 0.6 is 0 Å². The fourth-order valence-electron chi connectivity index (χ4n) is 6.69. The molecule has 3 aliphatic rings. The van der Waals surface area contributed by atoms with E-state index in [1.165, 1.54) is 0 Å². The summed E-state index contributed by atoms with van der Waals surface area (Å²) in [6.07, 6.45) is 5.74. The molecule has 0 spiro atoms. The van der Waals surface area contributed by atoms with Crippen LogP contribution in [-0.4, -0.2) is 52.7 Å². The van der Waals surface area contributed by atoms with Crippen molar-refractivity contribution >= 4 is 11.9 Å². The number of para-hydroxylation sites is 1. The Morgan fingerprint density at radius 3 is 2.37 bits per heavy atom. The first-order chi connectivity index (χ1) is 19.5. The minimum absolute atomic E-state index is 0.0471. The molecule has 0 bridgehead atoms. The average Bonchev–Trinajstić information content (AvgIpc) is 2.90. The quantitative estimate of drug-likeness (QED) is 0.335. The van der Waals surface area contributed by atoms with Crippen molar-refractivity contribution in [2.75, 3.05) is 0 Å². The smallest absolute Gasteiger partial charge is 0.347 e. The number of aliphatic hydroxyl groups excluding tert-OH is 2. The number of allylic oxidation sites excluding steroid dienone is 2. The largest absolute Gasteiger partial charge is 0.478 e. The summed E-state index contributed by atoms with van der Waals surface area (Å²) in [4.78, 5) is 25.6. The number of fused-ring (bicyclic) bond motifs is 1. The van der Waals surface area contributed by atoms with Crippen molar-refractivity contribution in [3.05, 3.63) is 53.1 Å². The van der Waals surface area contributed by atoms with Crippen LogP contribution in [0.2, 0.25) is 0 Å². The summed E-state index contributed by atoms with van der Waals surface area (Å²) in [5.41, 5.74) is 3.12. The van der Waals surface area contributed by atoms with E-state index in [4.69, 9.17) is 14.2 Å². The predicted molar refractivity (Wildman–Crippen MR) is 158 cm³/mol. The fraction of sp³-hybridized carbons (Fsp3) is 0.647. The number of aliphatic hydroxyl groups is 2. The first-order valence-corrected chi connectivity index (χ1v) is 15.4. The molecule has 1 aromatic rings. The summed E-state index contributed by atoms with van der Waals surface area (Å²) in [5, 5.41) is 20.7. The SMILES string of the molecule is CCC(Oc1c(C(C)C)cccc1C(C)C)C(=O)O[C@H]1C[C@H](O)C=C2C=C[C@H](C)[C@H](CC[C@@H]3C[C@@H](O)CC(=O)O3)[C@H]21. The van der Waals surface area contributed by atoms with Crippen LogP contribution in [0, 0.1) is 17.8 Å². The third-order valence-corrected chi connectivity index (χ3v) is 8.91. The van der Waals surface area contributed by atoms with Crippen molar-refractivity contribution in [1.29, 1.82) is 0 Å². The predicted octanol–water partition coefficient (Wildman–Crippen LogP) is 5.98. The molecule has 1 aromatic carbocycles. The van der Waals surface area contributed by atoms with Crippen molar-refractivity contribution in [2.24, 2.45) is 17.8 Å². The molecule has 226 valence electrons. The van der Waals surface area contributed by atoms with Gasteiger partial charge in [0.25, 0.3) is 0 Å². The molecule has 7 nitrogen and oxygen atoms in total. The highest BCUT2D eigenvalue weighted by Gasteiger charge is 2.43. The summed E-state index contributed by atoms with van der Waals surface area (Å²) < 4.78 is 18.2. The van der Waals surface area contributed by atoms with Crippen molar-refractivity contribution in [1.82, 2.24) is 0 Å². The van der Waals surface area contributed by atoms with Crippen LogP contribution in [-0.2, 0) is 19.1 Å². The maximum atomic E-state index is 13.7. The Labute approximate surface area is 245 Å². The number of hydrogen-bond acceptors (Lipinski definition) is 7. The molecule has 2 aliphatic carbocycles. The summed E-state index contributed by atoms with van der Waals surface area (Å²) in [6.45, 7) is 12.6. The lowest BCUT2D eigenvalue weighted by Gasteiger charge is -2.43. The standard InChI is InChI=1S/C34H48O7/c1-7-29(40-33-26(19(2)3)9-8-10-27(33)20(4)5)34(38)41-30-17-23(35)15-22-12-11-21(6)28(32(22)30)14-13-25-16-24(36)18-31(37)39-25/h8-12,15,19-21,23-25,28-30,32,35-36H,7,13-14,16-18H2,1-6H3/t21-,23+,24+,25+,28-,29?,30-,32-/m0/s1. The Morgan fingerprint density at radius 1 is 1.07 bits per heavy atom. The molecule has 0 amide bonds. The molecule has 7 heteroatoms. The zero-order valence-corrected chi connectivity index (χ0v) is 25.4. The molecule has 1 fully saturated rings. The Bertz CT molecular complexity index is 1110. The zero-order valence-electron chi connectivity index (χ0n) is 25.4. The monoisotopic (exact) mass is 568 g/mol. The average molecular weight is 569 g/mol. The van der Waals surface area contributed by atoms with E-state index >= 15 is 0 Å². The maximum absolute atomic E-state index is 13.7. The van der Waals surface area contributed by atoms with Gasteiger partial charge in [0.1, 0.15) is 18.0 Å². The van der Waals surface area contributed by atoms with Gasteiger partial charge in [-0.2, -0.15) is 0 Å². The van der Waals surface area contributed by atoms with Crippen LogP contribution < -0.4 is 4.74 Å². The number of cyclic esters (lactones) is 1. The molecule has 0 saturated carbocycles. The number of hydrogen-bond donors (Lipinski definition) is 2. The van der Waals surface area contributed by atoms with Crippen LogP contribution in [0.1, 0.15) is 103 Å². The van der Waals surface area contributed by atoms with E-state index in [1.807, 2.05) is 25.1 Å². The minimum Gasteiger partial charge on any atom is -0.478 e. The fourth-order valence-corrected chi connectivity index (χ4v) is 6.69. The summed E-state index contributed by atoms with van der Waals surface area (Å²) in [5.74, 6) is 0.721. The normalized spacial score (nSPS) is 30.4. The summed E-state index contributed by atoms with van der Waals surface area (Å²) >= 11 is 0. The minimum atomic E-state index is -0.767. The van der Waals surface area contributed by atoms with Crippen LogP contribution in [0.25, 0.3) is 0 Å². The molecule has 1 saturated heterocycles. The van der Waals surface area contributed by atoms with Gasteiger partial charge in [-0.15, -0.1) is 0 Å². The van der Waals surface area contributed by atoms with Gasteiger partial charge < -0.3 is 24.4 Å². The topological polar surface area (TPSA) is 102 Å². The van der Waals surface area contributed by atoms with Crippen molar-refractivity contribution in [2.45, 2.75) is 122 Å². The lowest BCUT2D eigenvalue weighted by molar-refractivity contribution is -0.165. The first kappa shape index (κ1) is 31.3. The molecule has 0 radical (unpaired) electrons. The van der Waals surface area contributed by atoms with E-state index in [1.54, 1.807) is 0 Å². The van der Waals surface area contributed by atoms with Crippen LogP contribution in [0.5, 0.6) is 5.75 Å². The highest BCUT2D eigenvalue weighted by molar-refractivity contribution is 5.75. The van der Waals surface area contributed by atoms with Crippen molar-refractivity contribution in [3.63, 3.8) is 0 Å². The van der Waals surface area contributed by atoms with Crippen LogP contribution in [0.15, 0.2) is 42.0 Å². The molecule has 8 atom stereocenters.